The summed E-state index contributed by atoms with van der Waals surface area (Å²) < 4.78 is 4.73. The van der Waals surface area contributed by atoms with Gasteiger partial charge in [0.15, 0.2) is 13.0 Å². The van der Waals surface area contributed by atoms with Gasteiger partial charge >= 0.3 is 11.6 Å². The van der Waals surface area contributed by atoms with Gasteiger partial charge in [0.2, 0.25) is 0 Å². The highest BCUT2D eigenvalue weighted by Gasteiger charge is 2.55. The van der Waals surface area contributed by atoms with Crippen molar-refractivity contribution in [1.82, 2.24) is 0 Å². The Kier molecular flexibility index (Phi) is 9.90. The van der Waals surface area contributed by atoms with Crippen LogP contribution in [-0.4, -0.2) is 18.2 Å². The molecule has 0 aromatic carbocycles. The first-order valence-electron chi connectivity index (χ1n) is 7.58. The van der Waals surface area contributed by atoms with E-state index in [1.54, 1.807) is 0 Å². The van der Waals surface area contributed by atoms with E-state index >= 15 is 0 Å². The van der Waals surface area contributed by atoms with Gasteiger partial charge < -0.3 is 4.74 Å². The molecule has 122 valence electrons. The fourth-order valence-electron chi connectivity index (χ4n) is 2.80. The maximum atomic E-state index is 10.6. The highest BCUT2D eigenvalue weighted by atomic mass is 16.5. The second kappa shape index (κ2) is 11.1. The first-order chi connectivity index (χ1) is 11.1. The number of hydrogen-bond donors (Lipinski definition) is 0. The number of carbonyl (C=O) groups is 1. The van der Waals surface area contributed by atoms with Crippen molar-refractivity contribution < 1.29 is 9.53 Å². The number of nitrogens with zero attached hydrogens (tertiary/aromatic N) is 2. The summed E-state index contributed by atoms with van der Waals surface area (Å²) in [7, 11) is 0. The normalized spacial score (nSPS) is 19.4. The lowest BCUT2D eigenvalue weighted by Crippen LogP contribution is -2.37. The number of rotatable bonds is 4. The first-order valence-corrected chi connectivity index (χ1v) is 7.58. The molecule has 4 nitrogen and oxygen atoms in total. The van der Waals surface area contributed by atoms with E-state index < -0.39 is 5.66 Å². The van der Waals surface area contributed by atoms with Crippen molar-refractivity contribution in [3.63, 3.8) is 0 Å². The van der Waals surface area contributed by atoms with Crippen molar-refractivity contribution in [2.24, 2.45) is 11.8 Å². The monoisotopic (exact) mass is 312 g/mol. The summed E-state index contributed by atoms with van der Waals surface area (Å²) in [5.74, 6) is 5.35. The van der Waals surface area contributed by atoms with Crippen LogP contribution in [0.15, 0.2) is 25.8 Å². The van der Waals surface area contributed by atoms with E-state index in [-0.39, 0.29) is 30.8 Å². The van der Waals surface area contributed by atoms with Gasteiger partial charge in [0.1, 0.15) is 5.92 Å². The molecule has 1 fully saturated rings. The SMILES string of the molecule is C=C.[C-]#[N+]C(CC#CCOC(C)=O)([N+]#[C-])C1CCCC[C@H]1C=C. The molecule has 1 unspecified atom stereocenters. The molecule has 0 N–H and O–H groups in total. The Bertz CT molecular complexity index is 528. The van der Waals surface area contributed by atoms with Crippen molar-refractivity contribution >= 4 is 5.97 Å². The second-order valence-electron chi connectivity index (χ2n) is 5.20. The lowest BCUT2D eigenvalue weighted by molar-refractivity contribution is -0.139. The van der Waals surface area contributed by atoms with Crippen molar-refractivity contribution in [2.75, 3.05) is 6.61 Å². The average molecular weight is 312 g/mol. The van der Waals surface area contributed by atoms with Gasteiger partial charge in [-0.2, -0.15) is 0 Å². The molecule has 0 aromatic heterocycles. The molecule has 23 heavy (non-hydrogen) atoms. The third kappa shape index (κ3) is 6.01. The first kappa shape index (κ1) is 20.5. The maximum absolute atomic E-state index is 10.6. The van der Waals surface area contributed by atoms with E-state index in [4.69, 9.17) is 17.9 Å². The number of carbonyl (C=O) groups excluding carboxylic acids is 1. The summed E-state index contributed by atoms with van der Waals surface area (Å²) in [5.41, 5.74) is -1.14. The lowest BCUT2D eigenvalue weighted by atomic mass is 9.71. The Labute approximate surface area is 139 Å². The Morgan fingerprint density at radius 2 is 1.91 bits per heavy atom. The molecule has 1 saturated carbocycles. The quantitative estimate of drug-likeness (QED) is 0.336. The maximum Gasteiger partial charge on any atom is 0.496 e. The molecular formula is C19H24N2O2. The molecule has 0 spiro atoms. The molecule has 0 saturated heterocycles. The molecule has 0 aliphatic heterocycles. The zero-order valence-corrected chi connectivity index (χ0v) is 13.8. The minimum absolute atomic E-state index is 0.0109. The standard InChI is InChI=1S/C17H20N2O2.C2H4/c1-5-15-10-6-7-11-16(15)17(18-3,19-4)12-8-9-13-21-14(2)20;1-2/h5,15-16H,1,6-7,10-13H2,2H3;1-2H2/t15-,16?;/m1./s1. The Morgan fingerprint density at radius 3 is 2.43 bits per heavy atom. The molecule has 0 aromatic rings. The summed E-state index contributed by atoms with van der Waals surface area (Å²) in [6.07, 6.45) is 6.09. The van der Waals surface area contributed by atoms with Crippen LogP contribution in [0.1, 0.15) is 39.0 Å². The van der Waals surface area contributed by atoms with Gasteiger partial charge in [0, 0.05) is 6.92 Å². The van der Waals surface area contributed by atoms with Crippen LogP contribution in [0.3, 0.4) is 0 Å². The molecule has 2 atom stereocenters. The van der Waals surface area contributed by atoms with Crippen molar-refractivity contribution in [3.8, 4) is 11.8 Å². The molecular weight excluding hydrogens is 288 g/mol. The third-order valence-corrected chi connectivity index (χ3v) is 3.92. The summed E-state index contributed by atoms with van der Waals surface area (Å²) >= 11 is 0. The van der Waals surface area contributed by atoms with Crippen LogP contribution in [0.5, 0.6) is 0 Å². The van der Waals surface area contributed by atoms with Crippen molar-refractivity contribution in [3.05, 3.63) is 48.6 Å². The number of esters is 1. The predicted octanol–water partition coefficient (Wildman–Crippen LogP) is 4.27. The van der Waals surface area contributed by atoms with E-state index in [2.05, 4.69) is 41.3 Å². The minimum atomic E-state index is -1.14. The van der Waals surface area contributed by atoms with E-state index in [0.29, 0.717) is 0 Å². The van der Waals surface area contributed by atoms with Crippen LogP contribution in [0.25, 0.3) is 9.69 Å². The van der Waals surface area contributed by atoms with E-state index in [0.717, 1.165) is 25.7 Å². The zero-order valence-electron chi connectivity index (χ0n) is 13.8. The summed E-state index contributed by atoms with van der Waals surface area (Å²) in [5, 5.41) is 0. The molecule has 1 rings (SSSR count). The Balaban J connectivity index is 0.00000232. The van der Waals surface area contributed by atoms with Crippen LogP contribution >= 0.6 is 0 Å². The fraction of sp³-hybridized carbons (Fsp3) is 0.526. The van der Waals surface area contributed by atoms with Crippen LogP contribution in [0.2, 0.25) is 0 Å². The van der Waals surface area contributed by atoms with Crippen LogP contribution in [0.4, 0.5) is 0 Å². The summed E-state index contributed by atoms with van der Waals surface area (Å²) in [4.78, 5) is 17.9. The number of allylic oxidation sites excluding steroid dienone is 1. The van der Waals surface area contributed by atoms with Crippen LogP contribution in [-0.2, 0) is 9.53 Å². The predicted molar refractivity (Wildman–Crippen MR) is 91.9 cm³/mol. The van der Waals surface area contributed by atoms with Gasteiger partial charge in [-0.3, -0.25) is 4.79 Å². The van der Waals surface area contributed by atoms with Gasteiger partial charge in [-0.15, -0.1) is 19.7 Å². The van der Waals surface area contributed by atoms with Gasteiger partial charge in [-0.1, -0.05) is 30.8 Å². The van der Waals surface area contributed by atoms with Gasteiger partial charge in [-0.25, -0.2) is 22.8 Å². The lowest BCUT2D eigenvalue weighted by Gasteiger charge is -2.29. The molecule has 0 bridgehead atoms. The molecule has 0 heterocycles. The second-order valence-corrected chi connectivity index (χ2v) is 5.20. The topological polar surface area (TPSA) is 35.0 Å². The van der Waals surface area contributed by atoms with Crippen LogP contribution in [0, 0.1) is 36.8 Å². The molecule has 0 amide bonds. The minimum Gasteiger partial charge on any atom is -0.453 e. The summed E-state index contributed by atoms with van der Waals surface area (Å²) in [6.45, 7) is 26.1. The van der Waals surface area contributed by atoms with Gasteiger partial charge in [-0.05, 0) is 18.8 Å². The Hall–Kier alpha value is -2.51. The molecule has 4 heteroatoms. The van der Waals surface area contributed by atoms with E-state index in [9.17, 15) is 4.79 Å². The smallest absolute Gasteiger partial charge is 0.453 e. The van der Waals surface area contributed by atoms with Crippen LogP contribution < -0.4 is 0 Å². The van der Waals surface area contributed by atoms with Crippen molar-refractivity contribution in [1.29, 1.82) is 0 Å². The highest BCUT2D eigenvalue weighted by molar-refractivity contribution is 5.66. The average Bonchev–Trinajstić information content (AvgIpc) is 2.60. The Morgan fingerprint density at radius 1 is 1.30 bits per heavy atom. The number of hydrogen-bond acceptors (Lipinski definition) is 2. The van der Waals surface area contributed by atoms with Gasteiger partial charge in [0.25, 0.3) is 0 Å². The van der Waals surface area contributed by atoms with Gasteiger partial charge in [0.05, 0.1) is 0 Å². The van der Waals surface area contributed by atoms with E-state index in [1.165, 1.54) is 6.92 Å². The molecule has 0 radical (unpaired) electrons. The van der Waals surface area contributed by atoms with E-state index in [1.807, 2.05) is 6.08 Å². The molecule has 1 aliphatic carbocycles. The molecule has 1 aliphatic rings. The van der Waals surface area contributed by atoms with Crippen molar-refractivity contribution in [2.45, 2.75) is 44.7 Å². The largest absolute Gasteiger partial charge is 0.496 e. The fourth-order valence-corrected chi connectivity index (χ4v) is 2.80. The number of ether oxygens (including phenoxy) is 1. The highest BCUT2D eigenvalue weighted by Crippen LogP contribution is 2.42. The summed E-state index contributed by atoms with van der Waals surface area (Å²) in [6, 6.07) is 0. The zero-order chi connectivity index (χ0) is 17.7. The third-order valence-electron chi connectivity index (χ3n) is 3.92.